The summed E-state index contributed by atoms with van der Waals surface area (Å²) in [6.07, 6.45) is 3.18. The fourth-order valence-electron chi connectivity index (χ4n) is 2.16. The Labute approximate surface area is 104 Å². The molecule has 0 fully saturated rings. The Morgan fingerprint density at radius 3 is 2.88 bits per heavy atom. The van der Waals surface area contributed by atoms with E-state index in [0.717, 1.165) is 24.2 Å². The number of aryl methyl sites for hydroxylation is 2. The van der Waals surface area contributed by atoms with Gasteiger partial charge in [-0.1, -0.05) is 18.2 Å². The molecule has 1 aromatic carbocycles. The van der Waals surface area contributed by atoms with E-state index in [9.17, 15) is 0 Å². The van der Waals surface area contributed by atoms with Gasteiger partial charge in [0.25, 0.3) is 0 Å². The standard InChI is InChI=1S/C14H14N2S/c15-13-5-1-3-11-6-8-16(14(11)13)9-7-12-4-2-10-17-12/h1-6,8,10H,7,9,15H2. The van der Waals surface area contributed by atoms with Crippen LogP contribution in [0.4, 0.5) is 5.69 Å². The molecule has 0 aliphatic heterocycles. The zero-order chi connectivity index (χ0) is 11.7. The highest BCUT2D eigenvalue weighted by Crippen LogP contribution is 2.22. The van der Waals surface area contributed by atoms with Crippen LogP contribution in [-0.2, 0) is 13.0 Å². The number of hydrogen-bond donors (Lipinski definition) is 1. The van der Waals surface area contributed by atoms with E-state index in [2.05, 4.69) is 40.4 Å². The molecule has 0 radical (unpaired) electrons. The van der Waals surface area contributed by atoms with Gasteiger partial charge in [0.2, 0.25) is 0 Å². The predicted octanol–water partition coefficient (Wildman–Crippen LogP) is 3.53. The van der Waals surface area contributed by atoms with E-state index in [1.807, 2.05) is 23.5 Å². The van der Waals surface area contributed by atoms with Gasteiger partial charge in [0.15, 0.2) is 0 Å². The Balaban J connectivity index is 1.90. The first-order valence-electron chi connectivity index (χ1n) is 5.70. The van der Waals surface area contributed by atoms with Crippen LogP contribution in [-0.4, -0.2) is 4.57 Å². The molecule has 2 heterocycles. The summed E-state index contributed by atoms with van der Waals surface area (Å²) in [5, 5.41) is 3.34. The molecule has 2 N–H and O–H groups in total. The quantitative estimate of drug-likeness (QED) is 0.700. The summed E-state index contributed by atoms with van der Waals surface area (Å²) < 4.78 is 2.24. The molecule has 2 nitrogen and oxygen atoms in total. The monoisotopic (exact) mass is 242 g/mol. The van der Waals surface area contributed by atoms with Crippen molar-refractivity contribution in [2.45, 2.75) is 13.0 Å². The molecule has 0 saturated carbocycles. The number of nitrogen functional groups attached to an aromatic ring is 1. The SMILES string of the molecule is Nc1cccc2ccn(CCc3cccs3)c12. The number of nitrogens with zero attached hydrogens (tertiary/aromatic N) is 1. The van der Waals surface area contributed by atoms with Crippen molar-refractivity contribution >= 4 is 27.9 Å². The lowest BCUT2D eigenvalue weighted by molar-refractivity contribution is 0.730. The number of nitrogens with two attached hydrogens (primary N) is 1. The molecule has 0 aliphatic carbocycles. The van der Waals surface area contributed by atoms with Gasteiger partial charge in [0, 0.05) is 23.0 Å². The molecule has 3 aromatic rings. The van der Waals surface area contributed by atoms with Crippen molar-refractivity contribution in [1.29, 1.82) is 0 Å². The Bertz CT molecular complexity index is 623. The van der Waals surface area contributed by atoms with Crippen molar-refractivity contribution in [2.24, 2.45) is 0 Å². The van der Waals surface area contributed by atoms with Gasteiger partial charge < -0.3 is 10.3 Å². The van der Waals surface area contributed by atoms with Crippen LogP contribution in [0.15, 0.2) is 48.0 Å². The third kappa shape index (κ3) is 1.94. The lowest BCUT2D eigenvalue weighted by Gasteiger charge is -2.06. The van der Waals surface area contributed by atoms with Gasteiger partial charge in [-0.25, -0.2) is 0 Å². The van der Waals surface area contributed by atoms with Gasteiger partial charge in [0.05, 0.1) is 11.2 Å². The minimum Gasteiger partial charge on any atom is -0.397 e. The minimum atomic E-state index is 0.860. The van der Waals surface area contributed by atoms with Crippen LogP contribution in [0.3, 0.4) is 0 Å². The van der Waals surface area contributed by atoms with E-state index in [-0.39, 0.29) is 0 Å². The molecule has 0 saturated heterocycles. The molecular formula is C14H14N2S. The van der Waals surface area contributed by atoms with E-state index < -0.39 is 0 Å². The lowest BCUT2D eigenvalue weighted by Crippen LogP contribution is -2.00. The van der Waals surface area contributed by atoms with Crippen molar-refractivity contribution in [2.75, 3.05) is 5.73 Å². The summed E-state index contributed by atoms with van der Waals surface area (Å²) in [4.78, 5) is 1.42. The number of anilines is 1. The zero-order valence-corrected chi connectivity index (χ0v) is 10.3. The largest absolute Gasteiger partial charge is 0.397 e. The van der Waals surface area contributed by atoms with Crippen LogP contribution < -0.4 is 5.73 Å². The van der Waals surface area contributed by atoms with Gasteiger partial charge >= 0.3 is 0 Å². The maximum absolute atomic E-state index is 6.03. The number of rotatable bonds is 3. The molecule has 0 aliphatic rings. The second kappa shape index (κ2) is 4.26. The van der Waals surface area contributed by atoms with E-state index in [1.165, 1.54) is 10.3 Å². The fourth-order valence-corrected chi connectivity index (χ4v) is 2.86. The summed E-state index contributed by atoms with van der Waals surface area (Å²) in [5.41, 5.74) is 8.05. The van der Waals surface area contributed by atoms with Crippen molar-refractivity contribution < 1.29 is 0 Å². The number of aromatic nitrogens is 1. The van der Waals surface area contributed by atoms with Gasteiger partial charge in [-0.05, 0) is 30.0 Å². The van der Waals surface area contributed by atoms with Crippen molar-refractivity contribution in [3.63, 3.8) is 0 Å². The first-order valence-corrected chi connectivity index (χ1v) is 6.58. The highest BCUT2D eigenvalue weighted by molar-refractivity contribution is 7.09. The fraction of sp³-hybridized carbons (Fsp3) is 0.143. The molecule has 17 heavy (non-hydrogen) atoms. The van der Waals surface area contributed by atoms with Gasteiger partial charge in [-0.2, -0.15) is 0 Å². The van der Waals surface area contributed by atoms with Crippen LogP contribution >= 0.6 is 11.3 Å². The van der Waals surface area contributed by atoms with Crippen LogP contribution in [0.2, 0.25) is 0 Å². The number of para-hydroxylation sites is 1. The van der Waals surface area contributed by atoms with Crippen molar-refractivity contribution in [3.05, 3.63) is 52.9 Å². The van der Waals surface area contributed by atoms with E-state index in [0.29, 0.717) is 0 Å². The molecule has 3 rings (SSSR count). The zero-order valence-electron chi connectivity index (χ0n) is 9.47. The lowest BCUT2D eigenvalue weighted by atomic mass is 10.2. The Kier molecular flexibility index (Phi) is 2.61. The van der Waals surface area contributed by atoms with Crippen molar-refractivity contribution in [1.82, 2.24) is 4.57 Å². The first-order chi connectivity index (χ1) is 8.34. The molecule has 0 amide bonds. The highest BCUT2D eigenvalue weighted by Gasteiger charge is 2.04. The second-order valence-electron chi connectivity index (χ2n) is 4.12. The number of thiophene rings is 1. The summed E-state index contributed by atoms with van der Waals surface area (Å²) >= 11 is 1.81. The van der Waals surface area contributed by atoms with E-state index >= 15 is 0 Å². The van der Waals surface area contributed by atoms with Gasteiger partial charge in [-0.15, -0.1) is 11.3 Å². The van der Waals surface area contributed by atoms with E-state index in [1.54, 1.807) is 0 Å². The number of fused-ring (bicyclic) bond motifs is 1. The van der Waals surface area contributed by atoms with Gasteiger partial charge in [-0.3, -0.25) is 0 Å². The van der Waals surface area contributed by atoms with Gasteiger partial charge in [0.1, 0.15) is 0 Å². The summed E-state index contributed by atoms with van der Waals surface area (Å²) in [5.74, 6) is 0. The number of hydrogen-bond acceptors (Lipinski definition) is 2. The average Bonchev–Trinajstić information content (AvgIpc) is 2.95. The van der Waals surface area contributed by atoms with Crippen LogP contribution in [0.25, 0.3) is 10.9 Å². The summed E-state index contributed by atoms with van der Waals surface area (Å²) in [6, 6.07) is 12.5. The molecule has 2 aromatic heterocycles. The average molecular weight is 242 g/mol. The molecule has 0 unspecified atom stereocenters. The summed E-state index contributed by atoms with van der Waals surface area (Å²) in [6.45, 7) is 0.984. The Hall–Kier alpha value is -1.74. The maximum Gasteiger partial charge on any atom is 0.0713 e. The minimum absolute atomic E-state index is 0.860. The Morgan fingerprint density at radius 2 is 2.06 bits per heavy atom. The molecule has 3 heteroatoms. The molecule has 0 bridgehead atoms. The normalized spacial score (nSPS) is 11.1. The molecule has 0 spiro atoms. The van der Waals surface area contributed by atoms with Crippen molar-refractivity contribution in [3.8, 4) is 0 Å². The summed E-state index contributed by atoms with van der Waals surface area (Å²) in [7, 11) is 0. The van der Waals surface area contributed by atoms with E-state index in [4.69, 9.17) is 5.73 Å². The van der Waals surface area contributed by atoms with Crippen LogP contribution in [0.1, 0.15) is 4.88 Å². The first kappa shape index (κ1) is 10.4. The smallest absolute Gasteiger partial charge is 0.0713 e. The third-order valence-corrected chi connectivity index (χ3v) is 3.94. The van der Waals surface area contributed by atoms with Crippen LogP contribution in [0, 0.1) is 0 Å². The second-order valence-corrected chi connectivity index (χ2v) is 5.16. The third-order valence-electron chi connectivity index (χ3n) is 3.00. The predicted molar refractivity (Wildman–Crippen MR) is 74.4 cm³/mol. The Morgan fingerprint density at radius 1 is 1.12 bits per heavy atom. The topological polar surface area (TPSA) is 30.9 Å². The number of benzene rings is 1. The van der Waals surface area contributed by atoms with Crippen LogP contribution in [0.5, 0.6) is 0 Å². The molecular weight excluding hydrogens is 228 g/mol. The highest BCUT2D eigenvalue weighted by atomic mass is 32.1. The maximum atomic E-state index is 6.03. The molecule has 86 valence electrons. The molecule has 0 atom stereocenters.